The van der Waals surface area contributed by atoms with Crippen molar-refractivity contribution in [3.05, 3.63) is 17.0 Å². The number of guanidine groups is 1. The minimum Gasteiger partial charge on any atom is -0.370 e. The summed E-state index contributed by atoms with van der Waals surface area (Å²) in [5, 5.41) is 7.32. The zero-order chi connectivity index (χ0) is 14.5. The van der Waals surface area contributed by atoms with Crippen LogP contribution in [0.3, 0.4) is 0 Å². The summed E-state index contributed by atoms with van der Waals surface area (Å²) in [6.07, 6.45) is 6.34. The molecule has 1 saturated carbocycles. The molecule has 1 aliphatic carbocycles. The Morgan fingerprint density at radius 2 is 2.05 bits per heavy atom. The van der Waals surface area contributed by atoms with Crippen molar-refractivity contribution in [2.24, 2.45) is 10.7 Å². The molecule has 1 aliphatic rings. The van der Waals surface area contributed by atoms with Crippen LogP contribution in [0.1, 0.15) is 62.0 Å². The second kappa shape index (κ2) is 8.60. The fourth-order valence-electron chi connectivity index (χ4n) is 3.02. The van der Waals surface area contributed by atoms with E-state index in [0.717, 1.165) is 17.0 Å². The lowest BCUT2D eigenvalue weighted by Crippen LogP contribution is -2.41. The molecular weight excluding hydrogens is 379 g/mol. The fourth-order valence-corrected chi connectivity index (χ4v) is 3.02. The number of rotatable bonds is 4. The summed E-state index contributed by atoms with van der Waals surface area (Å²) in [5.74, 6) is 1.72. The second-order valence-electron chi connectivity index (χ2n) is 5.84. The number of aliphatic imine (C=N–C) groups is 1. The molecular formula is C15H27IN4O. The molecule has 1 aromatic rings. The highest BCUT2D eigenvalue weighted by molar-refractivity contribution is 14.0. The molecule has 1 unspecified atom stereocenters. The Kier molecular flexibility index (Phi) is 7.48. The number of nitrogens with one attached hydrogen (secondary N) is 1. The van der Waals surface area contributed by atoms with Crippen LogP contribution in [0.2, 0.25) is 0 Å². The van der Waals surface area contributed by atoms with E-state index in [1.54, 1.807) is 0 Å². The van der Waals surface area contributed by atoms with Crippen molar-refractivity contribution in [2.45, 2.75) is 64.8 Å². The predicted molar refractivity (Wildman–Crippen MR) is 96.3 cm³/mol. The van der Waals surface area contributed by atoms with E-state index >= 15 is 0 Å². The highest BCUT2D eigenvalue weighted by Gasteiger charge is 2.17. The predicted octanol–water partition coefficient (Wildman–Crippen LogP) is 3.25. The van der Waals surface area contributed by atoms with Gasteiger partial charge in [-0.2, -0.15) is 0 Å². The Labute approximate surface area is 144 Å². The average Bonchev–Trinajstić information content (AvgIpc) is 2.77. The molecule has 0 aromatic carbocycles. The van der Waals surface area contributed by atoms with Gasteiger partial charge in [0.05, 0.1) is 5.69 Å². The van der Waals surface area contributed by atoms with Crippen molar-refractivity contribution in [1.29, 1.82) is 0 Å². The highest BCUT2D eigenvalue weighted by Crippen LogP contribution is 2.23. The van der Waals surface area contributed by atoms with Gasteiger partial charge in [-0.3, -0.25) is 4.99 Å². The second-order valence-corrected chi connectivity index (χ2v) is 5.84. The van der Waals surface area contributed by atoms with E-state index < -0.39 is 0 Å². The maximum absolute atomic E-state index is 5.98. The molecule has 2 rings (SSSR count). The third-order valence-corrected chi connectivity index (χ3v) is 4.07. The summed E-state index contributed by atoms with van der Waals surface area (Å²) in [5.41, 5.74) is 8.08. The van der Waals surface area contributed by atoms with Crippen LogP contribution in [-0.4, -0.2) is 23.7 Å². The molecule has 120 valence electrons. The van der Waals surface area contributed by atoms with E-state index in [9.17, 15) is 0 Å². The van der Waals surface area contributed by atoms with Crippen molar-refractivity contribution in [1.82, 2.24) is 10.5 Å². The lowest BCUT2D eigenvalue weighted by atomic mass is 9.96. The Bertz CT molecular complexity index is 447. The van der Waals surface area contributed by atoms with Crippen LogP contribution >= 0.6 is 24.0 Å². The quantitative estimate of drug-likeness (QED) is 0.457. The van der Waals surface area contributed by atoms with Crippen molar-refractivity contribution >= 4 is 29.9 Å². The van der Waals surface area contributed by atoms with Gasteiger partial charge in [-0.05, 0) is 26.7 Å². The van der Waals surface area contributed by atoms with E-state index in [4.69, 9.17) is 10.3 Å². The molecule has 1 aromatic heterocycles. The standard InChI is InChI=1S/C15H26N4O.HI/c1-10(14-11(2)19-20-12(14)3)9-17-15(16)18-13-7-5-4-6-8-13;/h10,13H,4-9H2,1-3H3,(H3,16,17,18);1H. The topological polar surface area (TPSA) is 76.4 Å². The SMILES string of the molecule is Cc1noc(C)c1C(C)CN=C(N)NC1CCCCC1.I. The van der Waals surface area contributed by atoms with Crippen LogP contribution < -0.4 is 11.1 Å². The van der Waals surface area contributed by atoms with Crippen molar-refractivity contribution < 1.29 is 4.52 Å². The lowest BCUT2D eigenvalue weighted by Gasteiger charge is -2.23. The van der Waals surface area contributed by atoms with Gasteiger partial charge in [0.1, 0.15) is 5.76 Å². The highest BCUT2D eigenvalue weighted by atomic mass is 127. The Morgan fingerprint density at radius 1 is 1.38 bits per heavy atom. The average molecular weight is 406 g/mol. The first-order valence-corrected chi connectivity index (χ1v) is 7.57. The van der Waals surface area contributed by atoms with Gasteiger partial charge < -0.3 is 15.6 Å². The molecule has 0 aliphatic heterocycles. The zero-order valence-corrected chi connectivity index (χ0v) is 15.5. The maximum Gasteiger partial charge on any atom is 0.188 e. The Morgan fingerprint density at radius 3 is 2.62 bits per heavy atom. The molecule has 3 N–H and O–H groups in total. The first-order chi connectivity index (χ1) is 9.58. The fraction of sp³-hybridized carbons (Fsp3) is 0.733. The number of aromatic nitrogens is 1. The van der Waals surface area contributed by atoms with E-state index in [0.29, 0.717) is 18.5 Å². The van der Waals surface area contributed by atoms with Crippen molar-refractivity contribution in [3.63, 3.8) is 0 Å². The van der Waals surface area contributed by atoms with Gasteiger partial charge in [0, 0.05) is 24.1 Å². The van der Waals surface area contributed by atoms with Crippen LogP contribution in [0.15, 0.2) is 9.52 Å². The summed E-state index contributed by atoms with van der Waals surface area (Å²) < 4.78 is 5.20. The van der Waals surface area contributed by atoms with Gasteiger partial charge in [0.2, 0.25) is 0 Å². The minimum atomic E-state index is 0. The smallest absolute Gasteiger partial charge is 0.188 e. The molecule has 1 fully saturated rings. The Balaban J connectivity index is 0.00000220. The van der Waals surface area contributed by atoms with Gasteiger partial charge in [-0.25, -0.2) is 0 Å². The van der Waals surface area contributed by atoms with Crippen LogP contribution in [0.25, 0.3) is 0 Å². The molecule has 0 amide bonds. The molecule has 0 bridgehead atoms. The van der Waals surface area contributed by atoms with Gasteiger partial charge in [0.15, 0.2) is 5.96 Å². The minimum absolute atomic E-state index is 0. The number of hydrogen-bond acceptors (Lipinski definition) is 3. The molecule has 0 spiro atoms. The lowest BCUT2D eigenvalue weighted by molar-refractivity contribution is 0.391. The molecule has 21 heavy (non-hydrogen) atoms. The summed E-state index contributed by atoms with van der Waals surface area (Å²) >= 11 is 0. The third-order valence-electron chi connectivity index (χ3n) is 4.07. The molecule has 0 radical (unpaired) electrons. The van der Waals surface area contributed by atoms with Crippen LogP contribution in [0.4, 0.5) is 0 Å². The van der Waals surface area contributed by atoms with E-state index in [1.807, 2.05) is 13.8 Å². The number of aryl methyl sites for hydroxylation is 2. The van der Waals surface area contributed by atoms with Crippen molar-refractivity contribution in [2.75, 3.05) is 6.54 Å². The number of nitrogens with zero attached hydrogens (tertiary/aromatic N) is 2. The van der Waals surface area contributed by atoms with E-state index in [1.165, 1.54) is 32.1 Å². The maximum atomic E-state index is 5.98. The van der Waals surface area contributed by atoms with Gasteiger partial charge in [0.25, 0.3) is 0 Å². The van der Waals surface area contributed by atoms with Crippen LogP contribution in [-0.2, 0) is 0 Å². The van der Waals surface area contributed by atoms with E-state index in [2.05, 4.69) is 22.4 Å². The largest absolute Gasteiger partial charge is 0.370 e. The Hall–Kier alpha value is -0.790. The molecule has 1 heterocycles. The molecule has 1 atom stereocenters. The van der Waals surface area contributed by atoms with Gasteiger partial charge >= 0.3 is 0 Å². The summed E-state index contributed by atoms with van der Waals surface area (Å²) in [6, 6.07) is 0.502. The van der Waals surface area contributed by atoms with Crippen LogP contribution in [0.5, 0.6) is 0 Å². The summed E-state index contributed by atoms with van der Waals surface area (Å²) in [6.45, 7) is 6.70. The van der Waals surface area contributed by atoms with E-state index in [-0.39, 0.29) is 29.9 Å². The normalized spacial score (nSPS) is 18.1. The van der Waals surface area contributed by atoms with Crippen LogP contribution in [0, 0.1) is 13.8 Å². The van der Waals surface area contributed by atoms with Crippen molar-refractivity contribution in [3.8, 4) is 0 Å². The molecule has 0 saturated heterocycles. The number of halogens is 1. The summed E-state index contributed by atoms with van der Waals surface area (Å²) in [4.78, 5) is 4.47. The number of hydrogen-bond donors (Lipinski definition) is 2. The molecule has 5 nitrogen and oxygen atoms in total. The first kappa shape index (κ1) is 18.3. The first-order valence-electron chi connectivity index (χ1n) is 7.57. The summed E-state index contributed by atoms with van der Waals surface area (Å²) in [7, 11) is 0. The number of nitrogens with two attached hydrogens (primary N) is 1. The molecule has 6 heteroatoms. The monoisotopic (exact) mass is 406 g/mol. The third kappa shape index (κ3) is 5.16. The van der Waals surface area contributed by atoms with Gasteiger partial charge in [-0.15, -0.1) is 24.0 Å². The van der Waals surface area contributed by atoms with Gasteiger partial charge in [-0.1, -0.05) is 31.3 Å². The zero-order valence-electron chi connectivity index (χ0n) is 13.2.